The van der Waals surface area contributed by atoms with E-state index in [0.29, 0.717) is 13.2 Å². The van der Waals surface area contributed by atoms with Crippen molar-refractivity contribution >= 4 is 0 Å². The van der Waals surface area contributed by atoms with Crippen molar-refractivity contribution in [3.8, 4) is 0 Å². The molecular weight excluding hydrogens is 366 g/mol. The predicted molar refractivity (Wildman–Crippen MR) is 118 cm³/mol. The third-order valence-corrected chi connectivity index (χ3v) is 5.30. The third-order valence-electron chi connectivity index (χ3n) is 5.30. The fraction of sp³-hybridized carbons (Fsp3) is 0.913. The number of allylic oxidation sites excluding steroid dienone is 1. The summed E-state index contributed by atoms with van der Waals surface area (Å²) in [6, 6.07) is 0. The number of hydrogen-bond acceptors (Lipinski definition) is 6. The molecule has 1 unspecified atom stereocenters. The Morgan fingerprint density at radius 3 is 2.17 bits per heavy atom. The smallest absolute Gasteiger partial charge is 0.163 e. The number of nitrogens with one attached hydrogen (secondary N) is 1. The van der Waals surface area contributed by atoms with Crippen LogP contribution in [0.4, 0.5) is 0 Å². The van der Waals surface area contributed by atoms with Gasteiger partial charge in [0, 0.05) is 26.4 Å². The van der Waals surface area contributed by atoms with E-state index in [4.69, 9.17) is 19.7 Å². The Balaban J connectivity index is 1.79. The first-order valence-electron chi connectivity index (χ1n) is 11.6. The highest BCUT2D eigenvalue weighted by atomic mass is 16.7. The monoisotopic (exact) mass is 411 g/mol. The molecule has 0 aromatic carbocycles. The lowest BCUT2D eigenvalue weighted by atomic mass is 10.1. The summed E-state index contributed by atoms with van der Waals surface area (Å²) in [5, 5.41) is 3.53. The van der Waals surface area contributed by atoms with Gasteiger partial charge in [0.05, 0.1) is 18.9 Å². The molecular formula is C23H45N3O3. The minimum absolute atomic E-state index is 0.0921. The Morgan fingerprint density at radius 1 is 1.07 bits per heavy atom. The molecule has 1 aliphatic heterocycles. The van der Waals surface area contributed by atoms with Gasteiger partial charge in [-0.1, -0.05) is 58.3 Å². The van der Waals surface area contributed by atoms with Crippen molar-refractivity contribution in [3.05, 3.63) is 11.9 Å². The summed E-state index contributed by atoms with van der Waals surface area (Å²) < 4.78 is 17.0. The molecule has 1 aliphatic rings. The lowest BCUT2D eigenvalue weighted by Gasteiger charge is -2.17. The Hall–Kier alpha value is -0.980. The molecule has 0 amide bonds. The Bertz CT molecular complexity index is 455. The molecule has 170 valence electrons. The molecule has 0 bridgehead atoms. The van der Waals surface area contributed by atoms with Crippen LogP contribution in [0, 0.1) is 5.53 Å². The zero-order chi connectivity index (χ0) is 21.4. The van der Waals surface area contributed by atoms with E-state index in [2.05, 4.69) is 17.1 Å². The van der Waals surface area contributed by atoms with Crippen LogP contribution in [0.25, 0.3) is 0 Å². The van der Waals surface area contributed by atoms with Gasteiger partial charge in [-0.2, -0.15) is 5.11 Å². The Morgan fingerprint density at radius 2 is 1.66 bits per heavy atom. The molecule has 0 aliphatic carbocycles. The third kappa shape index (κ3) is 13.8. The van der Waals surface area contributed by atoms with E-state index in [1.54, 1.807) is 0 Å². The number of rotatable bonds is 18. The molecule has 1 saturated heterocycles. The SMILES string of the molecule is CCC(=CN(C)CCCCCCCCCCCCOCC1COC(C)(C)O1)N=N. The average Bonchev–Trinajstić information content (AvgIpc) is 3.04. The highest BCUT2D eigenvalue weighted by molar-refractivity contribution is 4.96. The lowest BCUT2D eigenvalue weighted by Crippen LogP contribution is -2.24. The molecule has 1 fully saturated rings. The quantitative estimate of drug-likeness (QED) is 0.213. The van der Waals surface area contributed by atoms with Crippen LogP contribution in [0.1, 0.15) is 91.4 Å². The predicted octanol–water partition coefficient (Wildman–Crippen LogP) is 6.27. The Labute approximate surface area is 178 Å². The van der Waals surface area contributed by atoms with Gasteiger partial charge in [0.2, 0.25) is 0 Å². The molecule has 29 heavy (non-hydrogen) atoms. The summed E-state index contributed by atoms with van der Waals surface area (Å²) in [5.74, 6) is -0.445. The van der Waals surface area contributed by atoms with Gasteiger partial charge in [0.15, 0.2) is 5.79 Å². The largest absolute Gasteiger partial charge is 0.379 e. The molecule has 0 saturated carbocycles. The van der Waals surface area contributed by atoms with E-state index in [-0.39, 0.29) is 6.10 Å². The van der Waals surface area contributed by atoms with Gasteiger partial charge in [0.25, 0.3) is 0 Å². The number of ether oxygens (including phenoxy) is 3. The van der Waals surface area contributed by atoms with Gasteiger partial charge in [-0.05, 0) is 33.1 Å². The first-order valence-corrected chi connectivity index (χ1v) is 11.6. The van der Waals surface area contributed by atoms with E-state index in [1.807, 2.05) is 27.0 Å². The first-order chi connectivity index (χ1) is 14.0. The van der Waals surface area contributed by atoms with Crippen LogP contribution in [0.2, 0.25) is 0 Å². The molecule has 0 spiro atoms. The molecule has 1 heterocycles. The molecule has 6 nitrogen and oxygen atoms in total. The van der Waals surface area contributed by atoms with E-state index in [0.717, 1.165) is 31.7 Å². The summed E-state index contributed by atoms with van der Waals surface area (Å²) in [4.78, 5) is 2.16. The zero-order valence-corrected chi connectivity index (χ0v) is 19.4. The maximum absolute atomic E-state index is 7.09. The second-order valence-electron chi connectivity index (χ2n) is 8.63. The summed E-state index contributed by atoms with van der Waals surface area (Å²) in [6.07, 6.45) is 15.9. The second kappa shape index (κ2) is 15.8. The van der Waals surface area contributed by atoms with Crippen LogP contribution in [0.5, 0.6) is 0 Å². The molecule has 1 N–H and O–H groups in total. The van der Waals surface area contributed by atoms with Crippen LogP contribution in [-0.4, -0.2) is 50.2 Å². The average molecular weight is 412 g/mol. The van der Waals surface area contributed by atoms with Crippen molar-refractivity contribution < 1.29 is 14.2 Å². The highest BCUT2D eigenvalue weighted by Gasteiger charge is 2.32. The first kappa shape index (κ1) is 26.1. The summed E-state index contributed by atoms with van der Waals surface area (Å²) in [6.45, 7) is 9.11. The molecule has 1 atom stereocenters. The summed E-state index contributed by atoms with van der Waals surface area (Å²) >= 11 is 0. The standard InChI is InChI=1S/C23H45N3O3/c1-5-21(25-24)18-26(4)16-14-12-10-8-6-7-9-11-13-15-17-27-19-22-20-28-23(2,3)29-22/h18,22,24H,5-17,19-20H2,1-4H3. The molecule has 0 aromatic rings. The van der Waals surface area contributed by atoms with Gasteiger partial charge in [-0.15, -0.1) is 0 Å². The van der Waals surface area contributed by atoms with E-state index < -0.39 is 5.79 Å². The van der Waals surface area contributed by atoms with Crippen molar-refractivity contribution in [1.82, 2.24) is 4.90 Å². The van der Waals surface area contributed by atoms with Crippen LogP contribution < -0.4 is 0 Å². The number of hydrogen-bond donors (Lipinski definition) is 1. The van der Waals surface area contributed by atoms with E-state index in [1.165, 1.54) is 57.8 Å². The highest BCUT2D eigenvalue weighted by Crippen LogP contribution is 2.22. The van der Waals surface area contributed by atoms with Gasteiger partial charge in [-0.3, -0.25) is 0 Å². The van der Waals surface area contributed by atoms with Gasteiger partial charge in [-0.25, -0.2) is 5.53 Å². The summed E-state index contributed by atoms with van der Waals surface area (Å²) in [5.41, 5.74) is 7.94. The van der Waals surface area contributed by atoms with E-state index in [9.17, 15) is 0 Å². The zero-order valence-electron chi connectivity index (χ0n) is 19.4. The van der Waals surface area contributed by atoms with Gasteiger partial charge in [0.1, 0.15) is 6.10 Å². The molecule has 0 aromatic heterocycles. The number of nitrogens with zero attached hydrogens (tertiary/aromatic N) is 2. The lowest BCUT2D eigenvalue weighted by molar-refractivity contribution is -0.145. The summed E-state index contributed by atoms with van der Waals surface area (Å²) in [7, 11) is 2.07. The topological polar surface area (TPSA) is 67.1 Å². The van der Waals surface area contributed by atoms with Crippen LogP contribution in [0.15, 0.2) is 17.0 Å². The van der Waals surface area contributed by atoms with Crippen LogP contribution >= 0.6 is 0 Å². The normalized spacial score (nSPS) is 18.9. The number of unbranched alkanes of at least 4 members (excludes halogenated alkanes) is 9. The van der Waals surface area contributed by atoms with Crippen molar-refractivity contribution in [2.24, 2.45) is 5.11 Å². The van der Waals surface area contributed by atoms with Crippen molar-refractivity contribution in [1.29, 1.82) is 5.53 Å². The Kier molecular flexibility index (Phi) is 14.2. The van der Waals surface area contributed by atoms with Crippen molar-refractivity contribution in [2.45, 2.75) is 103 Å². The maximum Gasteiger partial charge on any atom is 0.163 e. The van der Waals surface area contributed by atoms with Gasteiger partial charge >= 0.3 is 0 Å². The second-order valence-corrected chi connectivity index (χ2v) is 8.63. The minimum atomic E-state index is -0.445. The van der Waals surface area contributed by atoms with Crippen molar-refractivity contribution in [2.75, 3.05) is 33.4 Å². The van der Waals surface area contributed by atoms with Gasteiger partial charge < -0.3 is 19.1 Å². The molecule has 6 heteroatoms. The fourth-order valence-corrected chi connectivity index (χ4v) is 3.56. The van der Waals surface area contributed by atoms with E-state index >= 15 is 0 Å². The molecule has 1 rings (SSSR count). The minimum Gasteiger partial charge on any atom is -0.379 e. The maximum atomic E-state index is 7.09. The molecule has 0 radical (unpaired) electrons. The fourth-order valence-electron chi connectivity index (χ4n) is 3.56. The van der Waals surface area contributed by atoms with Crippen LogP contribution in [0.3, 0.4) is 0 Å². The van der Waals surface area contributed by atoms with Crippen molar-refractivity contribution in [3.63, 3.8) is 0 Å². The van der Waals surface area contributed by atoms with Crippen LogP contribution in [-0.2, 0) is 14.2 Å².